The summed E-state index contributed by atoms with van der Waals surface area (Å²) in [5.41, 5.74) is 3.27. The minimum Gasteiger partial charge on any atom is -0.466 e. The minimum absolute atomic E-state index is 0.241. The van der Waals surface area contributed by atoms with Gasteiger partial charge in [0.05, 0.1) is 7.11 Å². The van der Waals surface area contributed by atoms with Gasteiger partial charge in [-0.05, 0) is 24.5 Å². The molecule has 1 aromatic carbocycles. The predicted molar refractivity (Wildman–Crippen MR) is 73.3 cm³/mol. The molecular formula is C15H21NO2. The Hall–Kier alpha value is -1.61. The van der Waals surface area contributed by atoms with Crippen LogP contribution in [0.4, 0.5) is 0 Å². The number of nitrogens with one attached hydrogen (secondary N) is 1. The lowest BCUT2D eigenvalue weighted by atomic mass is 10.1. The third-order valence-electron chi connectivity index (χ3n) is 2.90. The van der Waals surface area contributed by atoms with Crippen molar-refractivity contribution in [3.63, 3.8) is 0 Å². The van der Waals surface area contributed by atoms with Crippen LogP contribution in [0.15, 0.2) is 35.9 Å². The molecule has 1 rings (SSSR count). The summed E-state index contributed by atoms with van der Waals surface area (Å²) in [5, 5.41) is 3.30. The van der Waals surface area contributed by atoms with Crippen LogP contribution in [0.5, 0.6) is 0 Å². The van der Waals surface area contributed by atoms with Crippen molar-refractivity contribution in [3.05, 3.63) is 47.0 Å². The van der Waals surface area contributed by atoms with Crippen LogP contribution in [-0.4, -0.2) is 19.6 Å². The monoisotopic (exact) mass is 247 g/mol. The summed E-state index contributed by atoms with van der Waals surface area (Å²) in [5.74, 6) is -0.241. The van der Waals surface area contributed by atoms with Crippen molar-refractivity contribution < 1.29 is 9.53 Å². The van der Waals surface area contributed by atoms with Crippen LogP contribution in [0.3, 0.4) is 0 Å². The average molecular weight is 247 g/mol. The van der Waals surface area contributed by atoms with Crippen molar-refractivity contribution in [2.24, 2.45) is 0 Å². The van der Waals surface area contributed by atoms with E-state index in [1.807, 2.05) is 25.1 Å². The highest BCUT2D eigenvalue weighted by molar-refractivity contribution is 5.88. The van der Waals surface area contributed by atoms with Crippen molar-refractivity contribution in [1.29, 1.82) is 0 Å². The van der Waals surface area contributed by atoms with Gasteiger partial charge in [-0.15, -0.1) is 0 Å². The van der Waals surface area contributed by atoms with Crippen LogP contribution in [-0.2, 0) is 16.1 Å². The fourth-order valence-electron chi connectivity index (χ4n) is 1.71. The molecule has 0 aliphatic rings. The largest absolute Gasteiger partial charge is 0.466 e. The Morgan fingerprint density at radius 3 is 2.72 bits per heavy atom. The van der Waals surface area contributed by atoms with Gasteiger partial charge >= 0.3 is 5.97 Å². The number of carbonyl (C=O) groups is 1. The van der Waals surface area contributed by atoms with E-state index in [2.05, 4.69) is 24.4 Å². The zero-order chi connectivity index (χ0) is 13.4. The Morgan fingerprint density at radius 2 is 2.11 bits per heavy atom. The predicted octanol–water partition coefficient (Wildman–Crippen LogP) is 2.59. The first kappa shape index (κ1) is 14.5. The van der Waals surface area contributed by atoms with Crippen LogP contribution in [0.25, 0.3) is 0 Å². The van der Waals surface area contributed by atoms with Gasteiger partial charge in [0, 0.05) is 18.7 Å². The third-order valence-corrected chi connectivity index (χ3v) is 2.90. The van der Waals surface area contributed by atoms with E-state index in [1.165, 1.54) is 18.2 Å². The highest BCUT2D eigenvalue weighted by atomic mass is 16.5. The fourth-order valence-corrected chi connectivity index (χ4v) is 1.71. The van der Waals surface area contributed by atoms with Gasteiger partial charge in [0.2, 0.25) is 0 Å². The number of methoxy groups -OCH3 is 1. The second-order valence-electron chi connectivity index (χ2n) is 4.13. The number of esters is 1. The maximum Gasteiger partial charge on any atom is 0.333 e. The zero-order valence-corrected chi connectivity index (χ0v) is 11.3. The first-order chi connectivity index (χ1) is 8.69. The van der Waals surface area contributed by atoms with Gasteiger partial charge in [0.15, 0.2) is 0 Å². The molecule has 0 spiro atoms. The molecule has 0 radical (unpaired) electrons. The number of rotatable bonds is 6. The maximum absolute atomic E-state index is 11.3. The number of hydrogen-bond donors (Lipinski definition) is 1. The topological polar surface area (TPSA) is 38.3 Å². The molecule has 1 aromatic rings. The molecule has 0 atom stereocenters. The fraction of sp³-hybridized carbons (Fsp3) is 0.400. The van der Waals surface area contributed by atoms with E-state index in [9.17, 15) is 4.79 Å². The van der Waals surface area contributed by atoms with Gasteiger partial charge in [-0.3, -0.25) is 0 Å². The molecule has 0 saturated heterocycles. The molecule has 18 heavy (non-hydrogen) atoms. The molecule has 3 heteroatoms. The van der Waals surface area contributed by atoms with Gasteiger partial charge in [0.1, 0.15) is 0 Å². The van der Waals surface area contributed by atoms with Crippen LogP contribution < -0.4 is 5.32 Å². The van der Waals surface area contributed by atoms with E-state index >= 15 is 0 Å². The lowest BCUT2D eigenvalue weighted by Gasteiger charge is -2.06. The summed E-state index contributed by atoms with van der Waals surface area (Å²) >= 11 is 0. The Balaban J connectivity index is 2.45. The molecule has 0 heterocycles. The molecule has 3 nitrogen and oxygen atoms in total. The van der Waals surface area contributed by atoms with Gasteiger partial charge < -0.3 is 10.1 Å². The molecule has 0 aliphatic heterocycles. The molecule has 0 saturated carbocycles. The maximum atomic E-state index is 11.3. The van der Waals surface area contributed by atoms with Gasteiger partial charge in [-0.25, -0.2) is 4.79 Å². The Kier molecular flexibility index (Phi) is 6.15. The first-order valence-electron chi connectivity index (χ1n) is 6.21. The molecule has 0 fully saturated rings. The molecule has 0 bridgehead atoms. The first-order valence-corrected chi connectivity index (χ1v) is 6.21. The van der Waals surface area contributed by atoms with E-state index in [0.29, 0.717) is 13.0 Å². The second-order valence-corrected chi connectivity index (χ2v) is 4.13. The Morgan fingerprint density at radius 1 is 1.39 bits per heavy atom. The van der Waals surface area contributed by atoms with Crippen molar-refractivity contribution in [1.82, 2.24) is 5.32 Å². The van der Waals surface area contributed by atoms with Crippen molar-refractivity contribution in [2.45, 2.75) is 26.8 Å². The average Bonchev–Trinajstić information content (AvgIpc) is 2.40. The van der Waals surface area contributed by atoms with Crippen LogP contribution in [0, 0.1) is 6.92 Å². The van der Waals surface area contributed by atoms with E-state index < -0.39 is 0 Å². The summed E-state index contributed by atoms with van der Waals surface area (Å²) in [6.45, 7) is 5.52. The van der Waals surface area contributed by atoms with Crippen molar-refractivity contribution in [2.75, 3.05) is 13.7 Å². The molecule has 0 aromatic heterocycles. The standard InChI is InChI=1S/C15H21NO2/c1-4-13(15(17)18-3)9-10-16-11-14-8-6-5-7-12(14)2/h5-9,16H,4,10-11H2,1-3H3/b13-9-. The normalized spacial score (nSPS) is 11.4. The van der Waals surface area contributed by atoms with Crippen LogP contribution in [0.2, 0.25) is 0 Å². The molecule has 98 valence electrons. The number of hydrogen-bond acceptors (Lipinski definition) is 3. The van der Waals surface area contributed by atoms with E-state index in [-0.39, 0.29) is 5.97 Å². The number of carbonyl (C=O) groups excluding carboxylic acids is 1. The van der Waals surface area contributed by atoms with Crippen molar-refractivity contribution in [3.8, 4) is 0 Å². The van der Waals surface area contributed by atoms with Crippen molar-refractivity contribution >= 4 is 5.97 Å². The molecule has 0 amide bonds. The SMILES string of the molecule is CC/C(=C/CNCc1ccccc1C)C(=O)OC. The summed E-state index contributed by atoms with van der Waals surface area (Å²) in [6.07, 6.45) is 2.59. The molecule has 0 unspecified atom stereocenters. The van der Waals surface area contributed by atoms with Gasteiger partial charge in [0.25, 0.3) is 0 Å². The lowest BCUT2D eigenvalue weighted by Crippen LogP contribution is -2.15. The number of benzene rings is 1. The van der Waals surface area contributed by atoms with E-state index in [0.717, 1.165) is 12.1 Å². The minimum atomic E-state index is -0.241. The lowest BCUT2D eigenvalue weighted by molar-refractivity contribution is -0.136. The molecule has 1 N–H and O–H groups in total. The smallest absolute Gasteiger partial charge is 0.333 e. The second kappa shape index (κ2) is 7.67. The highest BCUT2D eigenvalue weighted by Crippen LogP contribution is 2.06. The summed E-state index contributed by atoms with van der Waals surface area (Å²) in [6, 6.07) is 8.27. The summed E-state index contributed by atoms with van der Waals surface area (Å²) < 4.78 is 4.70. The van der Waals surface area contributed by atoms with Crippen LogP contribution in [0.1, 0.15) is 24.5 Å². The van der Waals surface area contributed by atoms with Gasteiger partial charge in [-0.1, -0.05) is 37.3 Å². The Bertz CT molecular complexity index is 424. The molecule has 0 aliphatic carbocycles. The Labute approximate surface area is 109 Å². The van der Waals surface area contributed by atoms with E-state index in [4.69, 9.17) is 4.74 Å². The number of aryl methyl sites for hydroxylation is 1. The quantitative estimate of drug-likeness (QED) is 0.477. The summed E-state index contributed by atoms with van der Waals surface area (Å²) in [4.78, 5) is 11.3. The number of ether oxygens (including phenoxy) is 1. The summed E-state index contributed by atoms with van der Waals surface area (Å²) in [7, 11) is 1.41. The highest BCUT2D eigenvalue weighted by Gasteiger charge is 2.05. The van der Waals surface area contributed by atoms with Crippen LogP contribution >= 0.6 is 0 Å². The third kappa shape index (κ3) is 4.34. The van der Waals surface area contributed by atoms with Gasteiger partial charge in [-0.2, -0.15) is 0 Å². The zero-order valence-electron chi connectivity index (χ0n) is 11.3. The molecular weight excluding hydrogens is 226 g/mol. The van der Waals surface area contributed by atoms with E-state index in [1.54, 1.807) is 0 Å².